The maximum atomic E-state index is 12.7. The Kier molecular flexibility index (Phi) is 4.13. The second kappa shape index (κ2) is 6.06. The number of amides is 1. The van der Waals surface area contributed by atoms with Gasteiger partial charge in [0.25, 0.3) is 11.6 Å². The molecule has 2 heterocycles. The van der Waals surface area contributed by atoms with Crippen LogP contribution in [0.15, 0.2) is 35.7 Å². The van der Waals surface area contributed by atoms with Crippen molar-refractivity contribution in [3.05, 3.63) is 61.3 Å². The summed E-state index contributed by atoms with van der Waals surface area (Å²) in [5, 5.41) is 13.0. The molecule has 1 aromatic carbocycles. The number of nitrogens with zero attached hydrogens (tertiary/aromatic N) is 2. The summed E-state index contributed by atoms with van der Waals surface area (Å²) in [6, 6.07) is 8.25. The van der Waals surface area contributed by atoms with E-state index < -0.39 is 4.92 Å². The molecule has 1 saturated heterocycles. The first-order valence-corrected chi connectivity index (χ1v) is 8.12. The molecule has 1 aromatic heterocycles. The summed E-state index contributed by atoms with van der Waals surface area (Å²) in [7, 11) is 0. The van der Waals surface area contributed by atoms with E-state index in [2.05, 4.69) is 0 Å². The highest BCUT2D eigenvalue weighted by atomic mass is 35.5. The first kappa shape index (κ1) is 15.0. The van der Waals surface area contributed by atoms with Crippen molar-refractivity contribution in [3.8, 4) is 0 Å². The van der Waals surface area contributed by atoms with Gasteiger partial charge in [-0.3, -0.25) is 14.9 Å². The fourth-order valence-electron chi connectivity index (χ4n) is 2.74. The Morgan fingerprint density at radius 3 is 2.91 bits per heavy atom. The lowest BCUT2D eigenvalue weighted by Crippen LogP contribution is -2.30. The van der Waals surface area contributed by atoms with Gasteiger partial charge in [0.2, 0.25) is 0 Å². The van der Waals surface area contributed by atoms with E-state index in [0.717, 1.165) is 17.7 Å². The summed E-state index contributed by atoms with van der Waals surface area (Å²) < 4.78 is 0. The summed E-state index contributed by atoms with van der Waals surface area (Å²) in [5.41, 5.74) is 0.0685. The predicted molar refractivity (Wildman–Crippen MR) is 85.4 cm³/mol. The fraction of sp³-hybridized carbons (Fsp3) is 0.267. The van der Waals surface area contributed by atoms with Crippen molar-refractivity contribution in [2.75, 3.05) is 6.54 Å². The van der Waals surface area contributed by atoms with Crippen molar-refractivity contribution in [3.63, 3.8) is 0 Å². The first-order chi connectivity index (χ1) is 10.6. The molecule has 0 radical (unpaired) electrons. The summed E-state index contributed by atoms with van der Waals surface area (Å²) in [4.78, 5) is 26.0. The van der Waals surface area contributed by atoms with Gasteiger partial charge in [0.1, 0.15) is 5.02 Å². The van der Waals surface area contributed by atoms with Crippen LogP contribution < -0.4 is 0 Å². The van der Waals surface area contributed by atoms with E-state index in [1.165, 1.54) is 12.1 Å². The van der Waals surface area contributed by atoms with Crippen molar-refractivity contribution >= 4 is 34.5 Å². The van der Waals surface area contributed by atoms with E-state index in [9.17, 15) is 14.9 Å². The normalized spacial score (nSPS) is 17.7. The van der Waals surface area contributed by atoms with E-state index in [1.807, 2.05) is 17.5 Å². The molecule has 0 spiro atoms. The number of halogens is 1. The minimum Gasteiger partial charge on any atom is -0.331 e. The molecule has 5 nitrogen and oxygen atoms in total. The van der Waals surface area contributed by atoms with Gasteiger partial charge in [-0.15, -0.1) is 11.3 Å². The van der Waals surface area contributed by atoms with Crippen LogP contribution in [0, 0.1) is 10.1 Å². The Labute approximate surface area is 136 Å². The van der Waals surface area contributed by atoms with E-state index in [0.29, 0.717) is 12.1 Å². The Hall–Kier alpha value is -1.92. The molecule has 0 N–H and O–H groups in total. The minimum atomic E-state index is -0.570. The quantitative estimate of drug-likeness (QED) is 0.620. The van der Waals surface area contributed by atoms with Crippen LogP contribution in [0.1, 0.15) is 34.1 Å². The van der Waals surface area contributed by atoms with Crippen molar-refractivity contribution in [1.29, 1.82) is 0 Å². The number of carbonyl (C=O) groups excluding carboxylic acids is 1. The van der Waals surface area contributed by atoms with Crippen molar-refractivity contribution in [1.82, 2.24) is 4.90 Å². The van der Waals surface area contributed by atoms with Crippen LogP contribution in [-0.2, 0) is 0 Å². The Morgan fingerprint density at radius 2 is 2.23 bits per heavy atom. The molecule has 0 aliphatic carbocycles. The average Bonchev–Trinajstić information content (AvgIpc) is 3.17. The smallest absolute Gasteiger partial charge is 0.288 e. The van der Waals surface area contributed by atoms with E-state index >= 15 is 0 Å². The molecule has 22 heavy (non-hydrogen) atoms. The number of likely N-dealkylation sites (tertiary alicyclic amines) is 1. The summed E-state index contributed by atoms with van der Waals surface area (Å²) in [5.74, 6) is -0.185. The molecule has 2 aromatic rings. The Balaban J connectivity index is 1.90. The fourth-order valence-corrected chi connectivity index (χ4v) is 3.80. The third-order valence-electron chi connectivity index (χ3n) is 3.78. The highest BCUT2D eigenvalue weighted by molar-refractivity contribution is 7.10. The largest absolute Gasteiger partial charge is 0.331 e. The van der Waals surface area contributed by atoms with Gasteiger partial charge in [-0.25, -0.2) is 0 Å². The predicted octanol–water partition coefficient (Wildman–Crippen LogP) is 4.29. The molecule has 0 saturated carbocycles. The summed E-state index contributed by atoms with van der Waals surface area (Å²) in [6.07, 6.45) is 1.85. The van der Waals surface area contributed by atoms with Gasteiger partial charge in [-0.2, -0.15) is 0 Å². The molecule has 0 bridgehead atoms. The Morgan fingerprint density at radius 1 is 1.41 bits per heavy atom. The van der Waals surface area contributed by atoms with Gasteiger partial charge in [-0.1, -0.05) is 17.7 Å². The van der Waals surface area contributed by atoms with E-state index in [4.69, 9.17) is 11.6 Å². The van der Waals surface area contributed by atoms with Crippen LogP contribution in [0.25, 0.3) is 0 Å². The maximum Gasteiger partial charge on any atom is 0.288 e. The number of nitro benzene ring substituents is 1. The van der Waals surface area contributed by atoms with Crippen LogP contribution in [-0.4, -0.2) is 22.3 Å². The number of rotatable bonds is 3. The third-order valence-corrected chi connectivity index (χ3v) is 5.07. The maximum absolute atomic E-state index is 12.7. The number of carbonyl (C=O) groups is 1. The van der Waals surface area contributed by atoms with Crippen LogP contribution in [0.4, 0.5) is 5.69 Å². The second-order valence-electron chi connectivity index (χ2n) is 5.10. The van der Waals surface area contributed by atoms with Crippen LogP contribution in [0.3, 0.4) is 0 Å². The SMILES string of the molecule is O=C(c1ccc(Cl)c([N+](=O)[O-])c1)N1CCC[C@@H]1c1cccs1. The molecule has 3 rings (SSSR count). The zero-order chi connectivity index (χ0) is 15.7. The average molecular weight is 337 g/mol. The standard InChI is InChI=1S/C15H13ClN2O3S/c16-11-6-5-10(9-13(11)18(20)21)15(19)17-7-1-3-12(17)14-4-2-8-22-14/h2,4-6,8-9,12H,1,3,7H2/t12-/m1/s1. The van der Waals surface area contributed by atoms with Gasteiger partial charge >= 0.3 is 0 Å². The minimum absolute atomic E-state index is 0.0396. The highest BCUT2D eigenvalue weighted by Gasteiger charge is 2.32. The van der Waals surface area contributed by atoms with Crippen molar-refractivity contribution < 1.29 is 9.72 Å². The lowest BCUT2D eigenvalue weighted by atomic mass is 10.1. The molecule has 1 amide bonds. The van der Waals surface area contributed by atoms with Gasteiger partial charge in [0.05, 0.1) is 11.0 Å². The molecule has 114 valence electrons. The molecule has 1 fully saturated rings. The zero-order valence-corrected chi connectivity index (χ0v) is 13.1. The van der Waals surface area contributed by atoms with Crippen LogP contribution in [0.5, 0.6) is 0 Å². The van der Waals surface area contributed by atoms with Crippen LogP contribution >= 0.6 is 22.9 Å². The summed E-state index contributed by atoms with van der Waals surface area (Å²) >= 11 is 7.42. The topological polar surface area (TPSA) is 63.4 Å². The van der Waals surface area contributed by atoms with Crippen molar-refractivity contribution in [2.24, 2.45) is 0 Å². The van der Waals surface area contributed by atoms with Crippen LogP contribution in [0.2, 0.25) is 5.02 Å². The Bertz CT molecular complexity index is 718. The van der Waals surface area contributed by atoms with Gasteiger partial charge in [-0.05, 0) is 36.4 Å². The number of hydrogen-bond donors (Lipinski definition) is 0. The molecular formula is C15H13ClN2O3S. The van der Waals surface area contributed by atoms with Crippen molar-refractivity contribution in [2.45, 2.75) is 18.9 Å². The first-order valence-electron chi connectivity index (χ1n) is 6.86. The third kappa shape index (κ3) is 2.71. The number of thiophene rings is 1. The zero-order valence-electron chi connectivity index (χ0n) is 11.6. The van der Waals surface area contributed by atoms with Gasteiger partial charge in [0.15, 0.2) is 0 Å². The molecule has 1 aliphatic rings. The lowest BCUT2D eigenvalue weighted by molar-refractivity contribution is -0.384. The second-order valence-corrected chi connectivity index (χ2v) is 6.48. The molecular weight excluding hydrogens is 324 g/mol. The van der Waals surface area contributed by atoms with E-state index in [1.54, 1.807) is 22.3 Å². The number of hydrogen-bond acceptors (Lipinski definition) is 4. The lowest BCUT2D eigenvalue weighted by Gasteiger charge is -2.24. The van der Waals surface area contributed by atoms with E-state index in [-0.39, 0.29) is 22.7 Å². The summed E-state index contributed by atoms with van der Waals surface area (Å²) in [6.45, 7) is 0.665. The molecule has 1 atom stereocenters. The highest BCUT2D eigenvalue weighted by Crippen LogP contribution is 2.36. The number of nitro groups is 1. The van der Waals surface area contributed by atoms with Gasteiger partial charge < -0.3 is 4.90 Å². The monoisotopic (exact) mass is 336 g/mol. The van der Waals surface area contributed by atoms with Gasteiger partial charge in [0, 0.05) is 23.1 Å². The number of benzene rings is 1. The molecule has 7 heteroatoms. The molecule has 0 unspecified atom stereocenters. The molecule has 1 aliphatic heterocycles.